The lowest BCUT2D eigenvalue weighted by atomic mass is 10.0. The fourth-order valence-electron chi connectivity index (χ4n) is 1.49. The minimum absolute atomic E-state index is 0.0168. The van der Waals surface area contributed by atoms with Gasteiger partial charge in [-0.15, -0.1) is 0 Å². The summed E-state index contributed by atoms with van der Waals surface area (Å²) < 4.78 is 0. The van der Waals surface area contributed by atoms with Crippen LogP contribution in [-0.2, 0) is 0 Å². The number of nitrogens with one attached hydrogen (secondary N) is 1. The third-order valence-electron chi connectivity index (χ3n) is 2.48. The van der Waals surface area contributed by atoms with Gasteiger partial charge in [0.1, 0.15) is 11.5 Å². The molecule has 1 aromatic carbocycles. The number of hydrogen-bond acceptors (Lipinski definition) is 4. The van der Waals surface area contributed by atoms with Crippen molar-refractivity contribution in [3.05, 3.63) is 23.8 Å². The molecule has 0 radical (unpaired) electrons. The number of nitrogens with two attached hydrogens (primary N) is 1. The summed E-state index contributed by atoms with van der Waals surface area (Å²) in [6.07, 6.45) is 0. The second-order valence-electron chi connectivity index (χ2n) is 4.30. The average Bonchev–Trinajstić information content (AvgIpc) is 2.28. The van der Waals surface area contributed by atoms with Gasteiger partial charge in [-0.1, -0.05) is 26.1 Å². The maximum atomic E-state index is 11.9. The second kappa shape index (κ2) is 5.68. The van der Waals surface area contributed by atoms with Crippen LogP contribution in [0.25, 0.3) is 0 Å². The number of phenols is 2. The van der Waals surface area contributed by atoms with Crippen molar-refractivity contribution in [2.45, 2.75) is 19.9 Å². The van der Waals surface area contributed by atoms with Crippen LogP contribution in [0.15, 0.2) is 18.2 Å². The lowest BCUT2D eigenvalue weighted by Crippen LogP contribution is -2.46. The molecule has 1 rings (SSSR count). The van der Waals surface area contributed by atoms with E-state index in [2.05, 4.69) is 5.32 Å². The summed E-state index contributed by atoms with van der Waals surface area (Å²) in [5, 5.41) is 21.5. The van der Waals surface area contributed by atoms with E-state index in [1.54, 1.807) is 0 Å². The maximum absolute atomic E-state index is 11.9. The molecule has 0 saturated heterocycles. The van der Waals surface area contributed by atoms with Crippen molar-refractivity contribution in [1.29, 1.82) is 0 Å². The fraction of sp³-hybridized carbons (Fsp3) is 0.333. The highest BCUT2D eigenvalue weighted by molar-refractivity contribution is 7.80. The summed E-state index contributed by atoms with van der Waals surface area (Å²) in [5.41, 5.74) is 5.52. The number of aromatic hydroxyl groups is 2. The Labute approximate surface area is 111 Å². The van der Waals surface area contributed by atoms with Crippen LogP contribution in [0.1, 0.15) is 24.2 Å². The number of hydrogen-bond donors (Lipinski definition) is 4. The largest absolute Gasteiger partial charge is 0.508 e. The topological polar surface area (TPSA) is 95.6 Å². The molecule has 0 bridgehead atoms. The Morgan fingerprint density at radius 1 is 1.39 bits per heavy atom. The highest BCUT2D eigenvalue weighted by atomic mass is 32.1. The summed E-state index contributed by atoms with van der Waals surface area (Å²) in [6.45, 7) is 3.73. The molecule has 6 heteroatoms. The first-order valence-corrected chi connectivity index (χ1v) is 5.86. The first kappa shape index (κ1) is 14.2. The molecular weight excluding hydrogens is 252 g/mol. The summed E-state index contributed by atoms with van der Waals surface area (Å²) in [4.78, 5) is 12.1. The predicted octanol–water partition coefficient (Wildman–Crippen LogP) is 1.14. The minimum Gasteiger partial charge on any atom is -0.508 e. The van der Waals surface area contributed by atoms with E-state index in [0.29, 0.717) is 0 Å². The van der Waals surface area contributed by atoms with Gasteiger partial charge in [0, 0.05) is 0 Å². The van der Waals surface area contributed by atoms with Crippen LogP contribution in [0.3, 0.4) is 0 Å². The van der Waals surface area contributed by atoms with Gasteiger partial charge in [-0.2, -0.15) is 0 Å². The van der Waals surface area contributed by atoms with E-state index in [-0.39, 0.29) is 28.0 Å². The zero-order valence-corrected chi connectivity index (χ0v) is 11.0. The van der Waals surface area contributed by atoms with E-state index >= 15 is 0 Å². The molecule has 0 heterocycles. The summed E-state index contributed by atoms with van der Waals surface area (Å²) >= 11 is 4.87. The molecule has 18 heavy (non-hydrogen) atoms. The second-order valence-corrected chi connectivity index (χ2v) is 4.77. The number of benzene rings is 1. The zero-order chi connectivity index (χ0) is 13.9. The molecule has 0 aliphatic rings. The van der Waals surface area contributed by atoms with Crippen LogP contribution in [-0.4, -0.2) is 27.2 Å². The van der Waals surface area contributed by atoms with Gasteiger partial charge in [0.2, 0.25) is 0 Å². The summed E-state index contributed by atoms with van der Waals surface area (Å²) in [5.74, 6) is -0.814. The first-order valence-electron chi connectivity index (χ1n) is 5.45. The third kappa shape index (κ3) is 3.33. The molecular formula is C12H16N2O3S. The van der Waals surface area contributed by atoms with Gasteiger partial charge in [-0.3, -0.25) is 4.79 Å². The van der Waals surface area contributed by atoms with Crippen LogP contribution < -0.4 is 11.1 Å². The molecule has 0 aliphatic carbocycles. The van der Waals surface area contributed by atoms with Crippen molar-refractivity contribution in [3.8, 4) is 11.5 Å². The predicted molar refractivity (Wildman–Crippen MR) is 72.6 cm³/mol. The van der Waals surface area contributed by atoms with Crippen molar-refractivity contribution in [1.82, 2.24) is 5.32 Å². The van der Waals surface area contributed by atoms with Crippen molar-refractivity contribution in [2.75, 3.05) is 0 Å². The van der Waals surface area contributed by atoms with Crippen LogP contribution in [0.5, 0.6) is 11.5 Å². The molecule has 1 amide bonds. The smallest absolute Gasteiger partial charge is 0.255 e. The Bertz CT molecular complexity index is 474. The number of thiocarbonyl (C=S) groups is 1. The normalized spacial score (nSPS) is 12.2. The molecule has 5 N–H and O–H groups in total. The first-order chi connectivity index (χ1) is 8.32. The Balaban J connectivity index is 2.94. The van der Waals surface area contributed by atoms with E-state index in [1.807, 2.05) is 13.8 Å². The molecule has 0 saturated carbocycles. The molecule has 5 nitrogen and oxygen atoms in total. The Kier molecular flexibility index (Phi) is 4.49. The van der Waals surface area contributed by atoms with E-state index in [0.717, 1.165) is 0 Å². The number of carbonyl (C=O) groups excluding carboxylic acids is 1. The molecule has 1 unspecified atom stereocenters. The number of phenolic OH excluding ortho intramolecular Hbond substituents is 2. The minimum atomic E-state index is -0.532. The molecule has 1 aromatic rings. The third-order valence-corrected chi connectivity index (χ3v) is 2.74. The van der Waals surface area contributed by atoms with Gasteiger partial charge in [0.05, 0.1) is 16.6 Å². The van der Waals surface area contributed by atoms with E-state index in [9.17, 15) is 15.0 Å². The number of carbonyl (C=O) groups is 1. The lowest BCUT2D eigenvalue weighted by molar-refractivity contribution is 0.0936. The van der Waals surface area contributed by atoms with Crippen LogP contribution in [0, 0.1) is 5.92 Å². The van der Waals surface area contributed by atoms with Gasteiger partial charge in [0.25, 0.3) is 5.91 Å². The highest BCUT2D eigenvalue weighted by Crippen LogP contribution is 2.22. The summed E-state index contributed by atoms with van der Waals surface area (Å²) in [7, 11) is 0. The lowest BCUT2D eigenvalue weighted by Gasteiger charge is -2.21. The number of rotatable bonds is 4. The Hall–Kier alpha value is -1.82. The maximum Gasteiger partial charge on any atom is 0.255 e. The zero-order valence-electron chi connectivity index (χ0n) is 10.2. The van der Waals surface area contributed by atoms with Crippen LogP contribution in [0.2, 0.25) is 0 Å². The van der Waals surface area contributed by atoms with Crippen molar-refractivity contribution in [2.24, 2.45) is 11.7 Å². The van der Waals surface area contributed by atoms with Crippen molar-refractivity contribution in [3.63, 3.8) is 0 Å². The monoisotopic (exact) mass is 268 g/mol. The van der Waals surface area contributed by atoms with Gasteiger partial charge in [0.15, 0.2) is 0 Å². The number of amides is 1. The molecule has 0 fully saturated rings. The highest BCUT2D eigenvalue weighted by Gasteiger charge is 2.21. The average molecular weight is 268 g/mol. The Morgan fingerprint density at radius 3 is 2.50 bits per heavy atom. The molecule has 0 spiro atoms. The van der Waals surface area contributed by atoms with Crippen LogP contribution in [0.4, 0.5) is 0 Å². The molecule has 0 aromatic heterocycles. The van der Waals surface area contributed by atoms with Gasteiger partial charge in [-0.05, 0) is 24.1 Å². The SMILES string of the molecule is CC(C)C(NC(=O)c1cc(O)ccc1O)C(N)=S. The van der Waals surface area contributed by atoms with Gasteiger partial charge < -0.3 is 21.3 Å². The van der Waals surface area contributed by atoms with Crippen LogP contribution >= 0.6 is 12.2 Å². The Morgan fingerprint density at radius 2 is 2.00 bits per heavy atom. The quantitative estimate of drug-likeness (QED) is 0.485. The van der Waals surface area contributed by atoms with Crippen molar-refractivity contribution < 1.29 is 15.0 Å². The van der Waals surface area contributed by atoms with E-state index in [1.165, 1.54) is 18.2 Å². The molecule has 0 aliphatic heterocycles. The van der Waals surface area contributed by atoms with Crippen molar-refractivity contribution >= 4 is 23.1 Å². The van der Waals surface area contributed by atoms with Gasteiger partial charge >= 0.3 is 0 Å². The van der Waals surface area contributed by atoms with E-state index in [4.69, 9.17) is 18.0 Å². The van der Waals surface area contributed by atoms with E-state index < -0.39 is 11.9 Å². The molecule has 1 atom stereocenters. The molecule has 98 valence electrons. The standard InChI is InChI=1S/C12H16N2O3S/c1-6(2)10(11(13)18)14-12(17)8-5-7(15)3-4-9(8)16/h3-6,10,15-16H,1-2H3,(H2,13,18)(H,14,17). The summed E-state index contributed by atoms with van der Waals surface area (Å²) in [6, 6.07) is 3.26. The van der Waals surface area contributed by atoms with Gasteiger partial charge in [-0.25, -0.2) is 0 Å². The fourth-order valence-corrected chi connectivity index (χ4v) is 1.82.